The van der Waals surface area contributed by atoms with Crippen LogP contribution in [0.4, 0.5) is 23.1 Å². The molecule has 1 aliphatic heterocycles. The Morgan fingerprint density at radius 1 is 1.36 bits per heavy atom. The molecule has 1 saturated heterocycles. The molecule has 1 aliphatic rings. The lowest BCUT2D eigenvalue weighted by molar-refractivity contribution is -0.192. The highest BCUT2D eigenvalue weighted by Crippen LogP contribution is 2.22. The molecule has 25 heavy (non-hydrogen) atoms. The van der Waals surface area contributed by atoms with Gasteiger partial charge in [0.1, 0.15) is 5.82 Å². The van der Waals surface area contributed by atoms with Crippen LogP contribution >= 0.6 is 11.5 Å². The van der Waals surface area contributed by atoms with Crippen LogP contribution in [0.3, 0.4) is 0 Å². The molecule has 2 rings (SSSR count). The van der Waals surface area contributed by atoms with Crippen molar-refractivity contribution in [1.82, 2.24) is 20.2 Å². The number of halogens is 3. The highest BCUT2D eigenvalue weighted by Gasteiger charge is 2.38. The molecular weight excluding hydrogens is 367 g/mol. The molecule has 4 N–H and O–H groups in total. The van der Waals surface area contributed by atoms with Crippen LogP contribution in [0.2, 0.25) is 0 Å². The zero-order valence-corrected chi connectivity index (χ0v) is 14.4. The Labute approximate surface area is 145 Å². The van der Waals surface area contributed by atoms with E-state index in [-0.39, 0.29) is 17.5 Å². The van der Waals surface area contributed by atoms with Gasteiger partial charge in [0, 0.05) is 23.5 Å². The van der Waals surface area contributed by atoms with Crippen molar-refractivity contribution in [2.45, 2.75) is 38.4 Å². The summed E-state index contributed by atoms with van der Waals surface area (Å²) in [5, 5.41) is 13.1. The summed E-state index contributed by atoms with van der Waals surface area (Å²) in [7, 11) is 0. The first-order valence-electron chi connectivity index (χ1n) is 6.96. The maximum atomic E-state index is 11.7. The van der Waals surface area contributed by atoms with Crippen molar-refractivity contribution in [3.8, 4) is 0 Å². The maximum Gasteiger partial charge on any atom is 0.490 e. The van der Waals surface area contributed by atoms with Crippen LogP contribution < -0.4 is 16.1 Å². The normalized spacial score (nSPS) is 17.4. The second-order valence-electron chi connectivity index (χ2n) is 5.93. The van der Waals surface area contributed by atoms with E-state index in [9.17, 15) is 18.0 Å². The number of hydroxylamine groups is 1. The molecule has 0 unspecified atom stereocenters. The molecule has 2 heterocycles. The summed E-state index contributed by atoms with van der Waals surface area (Å²) < 4.78 is 36.0. The highest BCUT2D eigenvalue weighted by atomic mass is 32.1. The number of carboxylic acids is 1. The highest BCUT2D eigenvalue weighted by molar-refractivity contribution is 7.09. The van der Waals surface area contributed by atoms with Gasteiger partial charge in [0.25, 0.3) is 0 Å². The second-order valence-corrected chi connectivity index (χ2v) is 6.68. The van der Waals surface area contributed by atoms with Crippen molar-refractivity contribution in [3.63, 3.8) is 0 Å². The number of hydrogen-bond acceptors (Lipinski definition) is 7. The Hall–Kier alpha value is -1.99. The molecule has 142 valence electrons. The van der Waals surface area contributed by atoms with Crippen LogP contribution in [0.1, 0.15) is 26.6 Å². The van der Waals surface area contributed by atoms with Crippen molar-refractivity contribution >= 4 is 28.7 Å². The summed E-state index contributed by atoms with van der Waals surface area (Å²) >= 11 is 1.18. The van der Waals surface area contributed by atoms with Gasteiger partial charge in [-0.25, -0.2) is 20.1 Å². The number of nitrogens with one attached hydrogen (secondary N) is 3. The lowest BCUT2D eigenvalue weighted by Crippen LogP contribution is -2.40. The largest absolute Gasteiger partial charge is 0.490 e. The van der Waals surface area contributed by atoms with Crippen LogP contribution in [0.15, 0.2) is 0 Å². The molecular formula is C12H18F3N5O4S. The number of amides is 2. The summed E-state index contributed by atoms with van der Waals surface area (Å²) in [6, 6.07) is -0.302. The first kappa shape index (κ1) is 21.1. The maximum absolute atomic E-state index is 11.7. The van der Waals surface area contributed by atoms with Crippen molar-refractivity contribution < 1.29 is 32.7 Å². The summed E-state index contributed by atoms with van der Waals surface area (Å²) in [6.07, 6.45) is -5.08. The topological polar surface area (TPSA) is 125 Å². The number of nitrogens with zero attached hydrogens (tertiary/aromatic N) is 2. The first-order chi connectivity index (χ1) is 11.4. The van der Waals surface area contributed by atoms with Crippen LogP contribution in [-0.2, 0) is 15.0 Å². The fourth-order valence-corrected chi connectivity index (χ4v) is 2.12. The Bertz CT molecular complexity index is 596. The van der Waals surface area contributed by atoms with Crippen molar-refractivity contribution in [3.05, 3.63) is 5.82 Å². The molecule has 1 aromatic rings. The number of aliphatic carboxylic acids is 1. The molecule has 13 heteroatoms. The smallest absolute Gasteiger partial charge is 0.475 e. The quantitative estimate of drug-likeness (QED) is 0.608. The fourth-order valence-electron chi connectivity index (χ4n) is 1.37. The number of rotatable bonds is 2. The lowest BCUT2D eigenvalue weighted by atomic mass is 9.96. The molecule has 1 aromatic heterocycles. The molecule has 0 aliphatic carbocycles. The summed E-state index contributed by atoms with van der Waals surface area (Å²) in [6.45, 7) is 7.16. The number of anilines is 1. The van der Waals surface area contributed by atoms with Crippen molar-refractivity contribution in [2.24, 2.45) is 0 Å². The second kappa shape index (κ2) is 8.40. The third kappa shape index (κ3) is 7.62. The Morgan fingerprint density at radius 3 is 2.36 bits per heavy atom. The Morgan fingerprint density at radius 2 is 1.96 bits per heavy atom. The van der Waals surface area contributed by atoms with E-state index in [1.54, 1.807) is 0 Å². The number of carboxylic acid groups (broad SMARTS) is 1. The van der Waals surface area contributed by atoms with E-state index in [0.29, 0.717) is 18.3 Å². The van der Waals surface area contributed by atoms with Crippen LogP contribution in [0.25, 0.3) is 0 Å². The van der Waals surface area contributed by atoms with E-state index in [1.165, 1.54) is 11.5 Å². The van der Waals surface area contributed by atoms with E-state index in [4.69, 9.17) is 14.7 Å². The van der Waals surface area contributed by atoms with Crippen LogP contribution in [0.5, 0.6) is 0 Å². The average molecular weight is 385 g/mol. The van der Waals surface area contributed by atoms with Gasteiger partial charge in [-0.3, -0.25) is 10.2 Å². The van der Waals surface area contributed by atoms with Gasteiger partial charge in [-0.1, -0.05) is 20.8 Å². The number of urea groups is 1. The minimum atomic E-state index is -5.08. The van der Waals surface area contributed by atoms with Crippen LogP contribution in [0, 0.1) is 0 Å². The SMILES string of the molecule is CC(C)(C)c1nsc(NC(=O)N[C@@H]2CNOC2)n1.O=C(O)C(F)(F)F. The van der Waals surface area contributed by atoms with E-state index >= 15 is 0 Å². The first-order valence-corrected chi connectivity index (χ1v) is 7.73. The lowest BCUT2D eigenvalue weighted by Gasteiger charge is -2.12. The molecule has 2 amide bonds. The molecule has 9 nitrogen and oxygen atoms in total. The fraction of sp³-hybridized carbons (Fsp3) is 0.667. The monoisotopic (exact) mass is 385 g/mol. The zero-order valence-electron chi connectivity index (χ0n) is 13.6. The molecule has 1 fully saturated rings. The van der Waals surface area contributed by atoms with Gasteiger partial charge in [0.05, 0.1) is 12.6 Å². The number of alkyl halides is 3. The van der Waals surface area contributed by atoms with Gasteiger partial charge in [0.2, 0.25) is 5.13 Å². The number of hydrogen-bond donors (Lipinski definition) is 4. The summed E-state index contributed by atoms with van der Waals surface area (Å²) in [5.74, 6) is -2.03. The molecule has 1 atom stereocenters. The third-order valence-electron chi connectivity index (χ3n) is 2.61. The third-order valence-corrected chi connectivity index (χ3v) is 3.24. The van der Waals surface area contributed by atoms with Gasteiger partial charge in [-0.15, -0.1) is 0 Å². The van der Waals surface area contributed by atoms with Crippen molar-refractivity contribution in [1.29, 1.82) is 0 Å². The predicted octanol–water partition coefficient (Wildman–Crippen LogP) is 1.49. The summed E-state index contributed by atoms with van der Waals surface area (Å²) in [5.41, 5.74) is 2.58. The standard InChI is InChI=1S/C10H17N5O2S.C2HF3O2/c1-10(2,3)7-13-9(18-15-7)14-8(16)12-6-4-11-17-5-6;3-2(4,5)1(6)7/h6,11H,4-5H2,1-3H3,(H2,12,13,14,15,16);(H,6,7)/t6-;/m1./s1. The average Bonchev–Trinajstić information content (AvgIpc) is 3.09. The predicted molar refractivity (Wildman–Crippen MR) is 82.2 cm³/mol. The minimum Gasteiger partial charge on any atom is -0.475 e. The minimum absolute atomic E-state index is 0.0139. The van der Waals surface area contributed by atoms with E-state index in [1.807, 2.05) is 20.8 Å². The molecule has 0 spiro atoms. The Kier molecular flexibility index (Phi) is 7.07. The number of aromatic nitrogens is 2. The van der Waals surface area contributed by atoms with Gasteiger partial charge in [0.15, 0.2) is 0 Å². The van der Waals surface area contributed by atoms with Gasteiger partial charge in [-0.2, -0.15) is 17.5 Å². The van der Waals surface area contributed by atoms with Crippen molar-refractivity contribution in [2.75, 3.05) is 18.5 Å². The van der Waals surface area contributed by atoms with Gasteiger partial charge < -0.3 is 10.4 Å². The number of carbonyl (C=O) groups excluding carboxylic acids is 1. The molecule has 0 saturated carbocycles. The van der Waals surface area contributed by atoms with E-state index in [0.717, 1.165) is 5.82 Å². The molecule has 0 aromatic carbocycles. The molecule has 0 bridgehead atoms. The van der Waals surface area contributed by atoms with Gasteiger partial charge in [-0.05, 0) is 0 Å². The summed E-state index contributed by atoms with van der Waals surface area (Å²) in [4.78, 5) is 29.8. The van der Waals surface area contributed by atoms with E-state index in [2.05, 4.69) is 25.5 Å². The molecule has 0 radical (unpaired) electrons. The van der Waals surface area contributed by atoms with Crippen LogP contribution in [-0.4, -0.2) is 51.8 Å². The zero-order chi connectivity index (χ0) is 19.3. The Balaban J connectivity index is 0.000000381. The van der Waals surface area contributed by atoms with E-state index < -0.39 is 12.1 Å². The number of carbonyl (C=O) groups is 2. The van der Waals surface area contributed by atoms with Gasteiger partial charge >= 0.3 is 18.2 Å².